The first kappa shape index (κ1) is 14.5. The summed E-state index contributed by atoms with van der Waals surface area (Å²) in [5, 5.41) is 0. The molecule has 0 aliphatic rings. The Morgan fingerprint density at radius 3 is 1.87 bits per heavy atom. The van der Waals surface area contributed by atoms with E-state index in [0.717, 1.165) is 0 Å². The third-order valence-corrected chi connectivity index (χ3v) is 2.05. The highest BCUT2D eigenvalue weighted by Gasteiger charge is 2.01. The molecule has 72 valence electrons. The van der Waals surface area contributed by atoms with Crippen molar-refractivity contribution in [2.45, 2.75) is 33.6 Å². The predicted molar refractivity (Wildman–Crippen MR) is 73.0 cm³/mol. The standard InChI is InChI=1S/C11H16.B4/c1-8(2)11-6-5-9(3)7-10(11)4;1-4(2)3/h5-8H,1-4H3;. The second-order valence-corrected chi connectivity index (χ2v) is 4.09. The molecule has 0 atom stereocenters. The summed E-state index contributed by atoms with van der Waals surface area (Å²) in [5.74, 6) is 0.649. The van der Waals surface area contributed by atoms with Crippen LogP contribution in [0.2, 0.25) is 0 Å². The van der Waals surface area contributed by atoms with Crippen molar-refractivity contribution in [2.75, 3.05) is 0 Å². The Balaban J connectivity index is 0.000000423. The van der Waals surface area contributed by atoms with Crippen LogP contribution >= 0.6 is 0 Å². The van der Waals surface area contributed by atoms with Crippen LogP contribution in [0.4, 0.5) is 0 Å². The molecular weight excluding hydrogens is 175 g/mol. The fourth-order valence-electron chi connectivity index (χ4n) is 1.47. The van der Waals surface area contributed by atoms with Crippen molar-refractivity contribution in [1.29, 1.82) is 0 Å². The molecule has 0 spiro atoms. The molecule has 1 aromatic carbocycles. The molecule has 0 aliphatic heterocycles. The summed E-state index contributed by atoms with van der Waals surface area (Å²) in [6, 6.07) is 6.66. The monoisotopic (exact) mass is 192 g/mol. The zero-order valence-electron chi connectivity index (χ0n) is 10.1. The van der Waals surface area contributed by atoms with Gasteiger partial charge in [0.15, 0.2) is 0 Å². The highest BCUT2D eigenvalue weighted by atomic mass is 14.1. The Bertz CT molecular complexity index is 292. The first-order valence-corrected chi connectivity index (χ1v) is 5.18. The molecule has 6 radical (unpaired) electrons. The van der Waals surface area contributed by atoms with E-state index in [2.05, 4.69) is 69.1 Å². The number of aryl methyl sites for hydroxylation is 2. The van der Waals surface area contributed by atoms with E-state index in [1.54, 1.807) is 0 Å². The van der Waals surface area contributed by atoms with Gasteiger partial charge in [-0.2, -0.15) is 0 Å². The summed E-state index contributed by atoms with van der Waals surface area (Å²) >= 11 is 0. The Labute approximate surface area is 98.5 Å². The van der Waals surface area contributed by atoms with E-state index in [1.807, 2.05) is 0 Å². The van der Waals surface area contributed by atoms with Gasteiger partial charge >= 0.3 is 0 Å². The maximum atomic E-state index is 4.67. The van der Waals surface area contributed by atoms with Crippen LogP contribution < -0.4 is 0 Å². The van der Waals surface area contributed by atoms with E-state index in [4.69, 9.17) is 0 Å². The van der Waals surface area contributed by atoms with Crippen LogP contribution in [0, 0.1) is 13.8 Å². The quantitative estimate of drug-likeness (QED) is 0.595. The summed E-state index contributed by atoms with van der Waals surface area (Å²) < 4.78 is 0. The van der Waals surface area contributed by atoms with Crippen LogP contribution in [0.5, 0.6) is 0 Å². The van der Waals surface area contributed by atoms with Crippen molar-refractivity contribution in [1.82, 2.24) is 0 Å². The van der Waals surface area contributed by atoms with Gasteiger partial charge in [-0.3, -0.25) is 0 Å². The second kappa shape index (κ2) is 6.87. The molecule has 0 aliphatic carbocycles. The Morgan fingerprint density at radius 1 is 1.07 bits per heavy atom. The van der Waals surface area contributed by atoms with E-state index >= 15 is 0 Å². The number of rotatable bonds is 1. The molecule has 0 N–H and O–H groups in total. The lowest BCUT2D eigenvalue weighted by atomic mass is 9.08. The maximum absolute atomic E-state index is 4.67. The molecule has 0 saturated carbocycles. The lowest BCUT2D eigenvalue weighted by molar-refractivity contribution is 0.855. The van der Waals surface area contributed by atoms with Crippen molar-refractivity contribution >= 4 is 29.6 Å². The van der Waals surface area contributed by atoms with E-state index < -0.39 is 6.39 Å². The van der Waals surface area contributed by atoms with Crippen LogP contribution in [0.3, 0.4) is 0 Å². The summed E-state index contributed by atoms with van der Waals surface area (Å²) in [4.78, 5) is 0. The van der Waals surface area contributed by atoms with Crippen molar-refractivity contribution < 1.29 is 0 Å². The van der Waals surface area contributed by atoms with Crippen molar-refractivity contribution in [3.05, 3.63) is 34.9 Å². The van der Waals surface area contributed by atoms with Gasteiger partial charge in [0.1, 0.15) is 0 Å². The van der Waals surface area contributed by atoms with Gasteiger partial charge in [-0.05, 0) is 30.9 Å². The average Bonchev–Trinajstić information content (AvgIpc) is 2.01. The average molecular weight is 191 g/mol. The maximum Gasteiger partial charge on any atom is 0 e. The molecule has 0 bridgehead atoms. The lowest BCUT2D eigenvalue weighted by Crippen LogP contribution is -2.11. The molecule has 0 aromatic heterocycles. The van der Waals surface area contributed by atoms with Gasteiger partial charge in [-0.15, -0.1) is 0 Å². The van der Waals surface area contributed by atoms with Crippen LogP contribution in [-0.2, 0) is 0 Å². The predicted octanol–water partition coefficient (Wildman–Crippen LogP) is 1.90. The second-order valence-electron chi connectivity index (χ2n) is 4.09. The zero-order valence-corrected chi connectivity index (χ0v) is 10.1. The molecule has 0 unspecified atom stereocenters. The summed E-state index contributed by atoms with van der Waals surface area (Å²) in [7, 11) is 14.0. The normalized spacial score (nSPS) is 9.40. The van der Waals surface area contributed by atoms with Gasteiger partial charge in [0.2, 0.25) is 0 Å². The van der Waals surface area contributed by atoms with Crippen molar-refractivity contribution in [3.63, 3.8) is 0 Å². The fraction of sp³-hybridized carbons (Fsp3) is 0.455. The lowest BCUT2D eigenvalue weighted by Gasteiger charge is -2.09. The number of benzene rings is 1. The van der Waals surface area contributed by atoms with Crippen LogP contribution in [-0.4, -0.2) is 29.6 Å². The van der Waals surface area contributed by atoms with Gasteiger partial charge in [-0.1, -0.05) is 37.6 Å². The van der Waals surface area contributed by atoms with Gasteiger partial charge in [0.05, 0.1) is 0 Å². The van der Waals surface area contributed by atoms with E-state index in [-0.39, 0.29) is 0 Å². The summed E-state index contributed by atoms with van der Waals surface area (Å²) in [6.07, 6.45) is -0.667. The molecule has 0 saturated heterocycles. The van der Waals surface area contributed by atoms with E-state index in [9.17, 15) is 0 Å². The highest BCUT2D eigenvalue weighted by Crippen LogP contribution is 2.19. The minimum Gasteiger partial charge on any atom is -0.0590 e. The van der Waals surface area contributed by atoms with Crippen LogP contribution in [0.25, 0.3) is 0 Å². The minimum atomic E-state index is -0.667. The molecular formula is C11H16B4. The summed E-state index contributed by atoms with van der Waals surface area (Å²) in [5.41, 5.74) is 4.24. The first-order valence-electron chi connectivity index (χ1n) is 5.18. The molecule has 4 heteroatoms. The topological polar surface area (TPSA) is 0 Å². The highest BCUT2D eigenvalue weighted by molar-refractivity contribution is 7.49. The van der Waals surface area contributed by atoms with Crippen molar-refractivity contribution in [3.8, 4) is 0 Å². The summed E-state index contributed by atoms with van der Waals surface area (Å²) in [6.45, 7) is 8.79. The fourth-order valence-corrected chi connectivity index (χ4v) is 1.47. The van der Waals surface area contributed by atoms with Gasteiger partial charge < -0.3 is 0 Å². The Morgan fingerprint density at radius 2 is 1.53 bits per heavy atom. The van der Waals surface area contributed by atoms with E-state index in [1.165, 1.54) is 16.7 Å². The molecule has 0 heterocycles. The molecule has 1 rings (SSSR count). The van der Waals surface area contributed by atoms with Gasteiger partial charge in [-0.25, -0.2) is 0 Å². The Kier molecular flexibility index (Phi) is 6.63. The number of hydrogen-bond donors (Lipinski definition) is 0. The molecule has 0 nitrogen and oxygen atoms in total. The molecule has 0 amide bonds. The zero-order chi connectivity index (χ0) is 12.0. The largest absolute Gasteiger partial charge is 0.0590 e. The van der Waals surface area contributed by atoms with Crippen LogP contribution in [0.15, 0.2) is 18.2 Å². The Hall–Kier alpha value is -0.520. The minimum absolute atomic E-state index is 0.649. The first-order chi connectivity index (χ1) is 6.84. The smallest absolute Gasteiger partial charge is 0 e. The molecule has 1 aromatic rings. The molecule has 0 fully saturated rings. The van der Waals surface area contributed by atoms with Crippen LogP contribution in [0.1, 0.15) is 36.5 Å². The van der Waals surface area contributed by atoms with Gasteiger partial charge in [0, 0.05) is 29.6 Å². The number of hydrogen-bond acceptors (Lipinski definition) is 0. The third kappa shape index (κ3) is 6.54. The molecule has 15 heavy (non-hydrogen) atoms. The van der Waals surface area contributed by atoms with E-state index in [0.29, 0.717) is 5.92 Å². The van der Waals surface area contributed by atoms with Crippen molar-refractivity contribution in [2.24, 2.45) is 0 Å². The third-order valence-electron chi connectivity index (χ3n) is 2.05. The van der Waals surface area contributed by atoms with Gasteiger partial charge in [0.25, 0.3) is 0 Å². The SMILES string of the molecule is Cc1ccc(C(C)C)c(C)c1.[B]B([B])[B].